The zero-order valence-corrected chi connectivity index (χ0v) is 14.9. The average Bonchev–Trinajstić information content (AvgIpc) is 2.53. The third kappa shape index (κ3) is 6.40. The maximum absolute atomic E-state index is 11.7. The van der Waals surface area contributed by atoms with E-state index in [9.17, 15) is 4.79 Å². The molecule has 0 bridgehead atoms. The van der Waals surface area contributed by atoms with E-state index in [1.807, 2.05) is 12.1 Å². The van der Waals surface area contributed by atoms with Gasteiger partial charge in [-0.05, 0) is 42.3 Å². The van der Waals surface area contributed by atoms with Gasteiger partial charge < -0.3 is 4.74 Å². The molecule has 126 valence electrons. The highest BCUT2D eigenvalue weighted by molar-refractivity contribution is 6.35. The van der Waals surface area contributed by atoms with Crippen LogP contribution in [0.4, 0.5) is 0 Å². The van der Waals surface area contributed by atoms with Crippen LogP contribution in [0.2, 0.25) is 15.1 Å². The van der Waals surface area contributed by atoms with Crippen LogP contribution < -0.4 is 10.2 Å². The molecule has 0 unspecified atom stereocenters. The van der Waals surface area contributed by atoms with E-state index in [1.165, 1.54) is 6.21 Å². The highest BCUT2D eigenvalue weighted by Crippen LogP contribution is 2.27. The van der Waals surface area contributed by atoms with E-state index < -0.39 is 0 Å². The number of hydrogen-bond acceptors (Lipinski definition) is 3. The number of nitrogens with zero attached hydrogens (tertiary/aromatic N) is 1. The molecule has 0 aliphatic carbocycles. The smallest absolute Gasteiger partial charge is 0.240 e. The number of nitrogens with one attached hydrogen (secondary N) is 1. The van der Waals surface area contributed by atoms with E-state index in [1.54, 1.807) is 30.3 Å². The molecule has 7 heteroatoms. The van der Waals surface area contributed by atoms with Crippen LogP contribution in [-0.2, 0) is 4.79 Å². The highest BCUT2D eigenvalue weighted by atomic mass is 35.5. The average molecular weight is 386 g/mol. The van der Waals surface area contributed by atoms with Crippen molar-refractivity contribution in [1.29, 1.82) is 0 Å². The van der Waals surface area contributed by atoms with Crippen LogP contribution in [-0.4, -0.2) is 18.7 Å². The Labute approximate surface area is 155 Å². The Kier molecular flexibility index (Phi) is 7.37. The Morgan fingerprint density at radius 3 is 2.67 bits per heavy atom. The van der Waals surface area contributed by atoms with Crippen LogP contribution in [0.3, 0.4) is 0 Å². The fourth-order valence-corrected chi connectivity index (χ4v) is 2.49. The molecule has 0 aliphatic rings. The van der Waals surface area contributed by atoms with Gasteiger partial charge in [-0.15, -0.1) is 0 Å². The first-order valence-corrected chi connectivity index (χ1v) is 8.33. The van der Waals surface area contributed by atoms with Gasteiger partial charge in [0.1, 0.15) is 5.75 Å². The Morgan fingerprint density at radius 1 is 1.12 bits per heavy atom. The predicted octanol–water partition coefficient (Wildman–Crippen LogP) is 4.96. The lowest BCUT2D eigenvalue weighted by Gasteiger charge is -2.07. The molecular formula is C17H15Cl3N2O2. The standard InChI is InChI=1S/C17H15Cl3N2O2/c18-13-4-1-3-12(9-13)11-21-22-17(23)5-2-8-24-16-7-6-14(19)10-15(16)20/h1,3-4,6-7,9-11H,2,5,8H2,(H,22,23). The lowest BCUT2D eigenvalue weighted by atomic mass is 10.2. The number of benzene rings is 2. The summed E-state index contributed by atoms with van der Waals surface area (Å²) in [5, 5.41) is 5.49. The van der Waals surface area contributed by atoms with Crippen LogP contribution in [0.1, 0.15) is 18.4 Å². The lowest BCUT2D eigenvalue weighted by Crippen LogP contribution is -2.18. The summed E-state index contributed by atoms with van der Waals surface area (Å²) in [6.07, 6.45) is 2.36. The van der Waals surface area contributed by atoms with Crippen LogP contribution in [0.25, 0.3) is 0 Å². The maximum atomic E-state index is 11.7. The van der Waals surface area contributed by atoms with Crippen LogP contribution in [0.5, 0.6) is 5.75 Å². The zero-order valence-electron chi connectivity index (χ0n) is 12.6. The Balaban J connectivity index is 1.68. The van der Waals surface area contributed by atoms with E-state index in [4.69, 9.17) is 39.5 Å². The largest absolute Gasteiger partial charge is 0.492 e. The summed E-state index contributed by atoms with van der Waals surface area (Å²) in [7, 11) is 0. The second kappa shape index (κ2) is 9.52. The summed E-state index contributed by atoms with van der Waals surface area (Å²) < 4.78 is 5.51. The summed E-state index contributed by atoms with van der Waals surface area (Å²) in [5.41, 5.74) is 3.27. The van der Waals surface area contributed by atoms with Crippen molar-refractivity contribution in [2.75, 3.05) is 6.61 Å². The minimum atomic E-state index is -0.195. The van der Waals surface area contributed by atoms with Crippen LogP contribution in [0, 0.1) is 0 Å². The summed E-state index contributed by atoms with van der Waals surface area (Å²) in [6, 6.07) is 12.2. The van der Waals surface area contributed by atoms with Gasteiger partial charge in [-0.2, -0.15) is 5.10 Å². The van der Waals surface area contributed by atoms with Gasteiger partial charge in [-0.1, -0.05) is 46.9 Å². The molecule has 0 spiro atoms. The topological polar surface area (TPSA) is 50.7 Å². The fourth-order valence-electron chi connectivity index (χ4n) is 1.83. The molecular weight excluding hydrogens is 371 g/mol. The molecule has 0 saturated carbocycles. The van der Waals surface area contributed by atoms with Gasteiger partial charge in [0.2, 0.25) is 5.91 Å². The number of amides is 1. The summed E-state index contributed by atoms with van der Waals surface area (Å²) in [4.78, 5) is 11.7. The van der Waals surface area contributed by atoms with Crippen molar-refractivity contribution in [1.82, 2.24) is 5.43 Å². The first-order valence-electron chi connectivity index (χ1n) is 7.20. The molecule has 1 N–H and O–H groups in total. The van der Waals surface area contributed by atoms with Crippen molar-refractivity contribution in [2.45, 2.75) is 12.8 Å². The molecule has 24 heavy (non-hydrogen) atoms. The molecule has 2 rings (SSSR count). The molecule has 0 fully saturated rings. The SMILES string of the molecule is O=C(CCCOc1ccc(Cl)cc1Cl)NN=Cc1cccc(Cl)c1. The zero-order chi connectivity index (χ0) is 17.4. The van der Waals surface area contributed by atoms with Crippen molar-refractivity contribution in [3.05, 3.63) is 63.1 Å². The van der Waals surface area contributed by atoms with Crippen molar-refractivity contribution >= 4 is 46.9 Å². The number of halogens is 3. The Morgan fingerprint density at radius 2 is 1.92 bits per heavy atom. The number of hydrogen-bond donors (Lipinski definition) is 1. The van der Waals surface area contributed by atoms with Crippen molar-refractivity contribution in [2.24, 2.45) is 5.10 Å². The molecule has 2 aromatic rings. The minimum Gasteiger partial charge on any atom is -0.492 e. The van der Waals surface area contributed by atoms with Crippen molar-refractivity contribution in [3.8, 4) is 5.75 Å². The van der Waals surface area contributed by atoms with E-state index in [0.717, 1.165) is 5.56 Å². The summed E-state index contributed by atoms with van der Waals surface area (Å²) >= 11 is 17.7. The van der Waals surface area contributed by atoms with Gasteiger partial charge in [0, 0.05) is 16.5 Å². The monoisotopic (exact) mass is 384 g/mol. The third-order valence-corrected chi connectivity index (χ3v) is 3.72. The van der Waals surface area contributed by atoms with E-state index >= 15 is 0 Å². The number of rotatable bonds is 7. The first-order chi connectivity index (χ1) is 11.5. The van der Waals surface area contributed by atoms with Crippen molar-refractivity contribution < 1.29 is 9.53 Å². The van der Waals surface area contributed by atoms with Gasteiger partial charge in [0.05, 0.1) is 17.8 Å². The maximum Gasteiger partial charge on any atom is 0.240 e. The van der Waals surface area contributed by atoms with Gasteiger partial charge in [-0.25, -0.2) is 5.43 Å². The Bertz CT molecular complexity index is 736. The van der Waals surface area contributed by atoms with Crippen LogP contribution >= 0.6 is 34.8 Å². The van der Waals surface area contributed by atoms with Gasteiger partial charge >= 0.3 is 0 Å². The summed E-state index contributed by atoms with van der Waals surface area (Å²) in [5.74, 6) is 0.347. The minimum absolute atomic E-state index is 0.195. The molecule has 1 amide bonds. The first kappa shape index (κ1) is 18.6. The quantitative estimate of drug-likeness (QED) is 0.416. The Hall–Kier alpha value is -1.75. The predicted molar refractivity (Wildman–Crippen MR) is 98.4 cm³/mol. The van der Waals surface area contributed by atoms with Gasteiger partial charge in [-0.3, -0.25) is 4.79 Å². The number of hydrazone groups is 1. The number of carbonyl (C=O) groups is 1. The normalized spacial score (nSPS) is 10.8. The third-order valence-electron chi connectivity index (χ3n) is 2.95. The fraction of sp³-hybridized carbons (Fsp3) is 0.176. The number of carbonyl (C=O) groups excluding carboxylic acids is 1. The highest BCUT2D eigenvalue weighted by Gasteiger charge is 2.04. The van der Waals surface area contributed by atoms with E-state index in [0.29, 0.717) is 33.8 Å². The van der Waals surface area contributed by atoms with Crippen LogP contribution in [0.15, 0.2) is 47.6 Å². The second-order valence-corrected chi connectivity index (χ2v) is 6.16. The molecule has 0 aromatic heterocycles. The van der Waals surface area contributed by atoms with E-state index in [2.05, 4.69) is 10.5 Å². The molecule has 0 atom stereocenters. The van der Waals surface area contributed by atoms with Gasteiger partial charge in [0.15, 0.2) is 0 Å². The molecule has 0 aliphatic heterocycles. The molecule has 0 saturated heterocycles. The molecule has 0 radical (unpaired) electrons. The molecule has 4 nitrogen and oxygen atoms in total. The summed E-state index contributed by atoms with van der Waals surface area (Å²) in [6.45, 7) is 0.368. The van der Waals surface area contributed by atoms with Gasteiger partial charge in [0.25, 0.3) is 0 Å². The van der Waals surface area contributed by atoms with E-state index in [-0.39, 0.29) is 12.3 Å². The second-order valence-electron chi connectivity index (χ2n) is 4.87. The lowest BCUT2D eigenvalue weighted by molar-refractivity contribution is -0.121. The molecule has 2 aromatic carbocycles. The number of ether oxygens (including phenoxy) is 1. The van der Waals surface area contributed by atoms with Crippen molar-refractivity contribution in [3.63, 3.8) is 0 Å². The molecule has 0 heterocycles.